The molecule has 1 saturated carbocycles. The highest BCUT2D eigenvalue weighted by molar-refractivity contribution is 5.16. The molecular formula is C15H24N2O. The van der Waals surface area contributed by atoms with Gasteiger partial charge in [-0.25, -0.2) is 0 Å². The molecule has 100 valence electrons. The third-order valence-corrected chi connectivity index (χ3v) is 4.61. The fourth-order valence-corrected chi connectivity index (χ4v) is 3.56. The monoisotopic (exact) mass is 248 g/mol. The van der Waals surface area contributed by atoms with Crippen LogP contribution in [0.2, 0.25) is 0 Å². The quantitative estimate of drug-likeness (QED) is 0.875. The summed E-state index contributed by atoms with van der Waals surface area (Å²) in [7, 11) is 0. The second-order valence-corrected chi connectivity index (χ2v) is 5.96. The summed E-state index contributed by atoms with van der Waals surface area (Å²) in [6.45, 7) is 4.12. The Bertz CT molecular complexity index is 395. The van der Waals surface area contributed by atoms with Crippen molar-refractivity contribution in [2.45, 2.75) is 57.0 Å². The van der Waals surface area contributed by atoms with E-state index in [4.69, 9.17) is 10.2 Å². The standard InChI is InChI=1S/C15H24N2O/c1-11-7-8-15(18-11)13-9-17(10-14(13)16)12-5-3-2-4-6-12/h7-8,12-14H,2-6,9-10,16H2,1H3/t13-,14-/m0/s1. The van der Waals surface area contributed by atoms with Gasteiger partial charge >= 0.3 is 0 Å². The van der Waals surface area contributed by atoms with Crippen LogP contribution in [0.4, 0.5) is 0 Å². The smallest absolute Gasteiger partial charge is 0.110 e. The first-order chi connectivity index (χ1) is 8.74. The van der Waals surface area contributed by atoms with E-state index < -0.39 is 0 Å². The molecule has 0 amide bonds. The highest BCUT2D eigenvalue weighted by Gasteiger charge is 2.36. The maximum atomic E-state index is 6.32. The molecule has 2 aliphatic rings. The third kappa shape index (κ3) is 2.34. The molecule has 0 unspecified atom stereocenters. The minimum absolute atomic E-state index is 0.234. The van der Waals surface area contributed by atoms with Gasteiger partial charge in [0.15, 0.2) is 0 Å². The number of nitrogens with zero attached hydrogens (tertiary/aromatic N) is 1. The van der Waals surface area contributed by atoms with Crippen molar-refractivity contribution < 1.29 is 4.42 Å². The van der Waals surface area contributed by atoms with Gasteiger partial charge in [-0.15, -0.1) is 0 Å². The molecule has 1 aromatic heterocycles. The van der Waals surface area contributed by atoms with Gasteiger partial charge in [-0.2, -0.15) is 0 Å². The molecule has 0 radical (unpaired) electrons. The van der Waals surface area contributed by atoms with E-state index in [1.807, 2.05) is 13.0 Å². The molecule has 0 spiro atoms. The molecule has 1 saturated heterocycles. The average molecular weight is 248 g/mol. The number of rotatable bonds is 2. The van der Waals surface area contributed by atoms with Crippen LogP contribution >= 0.6 is 0 Å². The largest absolute Gasteiger partial charge is 0.466 e. The van der Waals surface area contributed by atoms with Crippen molar-refractivity contribution >= 4 is 0 Å². The Kier molecular flexibility index (Phi) is 3.44. The Morgan fingerprint density at radius 2 is 1.94 bits per heavy atom. The number of hydrogen-bond acceptors (Lipinski definition) is 3. The van der Waals surface area contributed by atoms with Crippen molar-refractivity contribution in [2.24, 2.45) is 5.73 Å². The minimum Gasteiger partial charge on any atom is -0.466 e. The number of furan rings is 1. The number of likely N-dealkylation sites (tertiary alicyclic amines) is 1. The third-order valence-electron chi connectivity index (χ3n) is 4.61. The highest BCUT2D eigenvalue weighted by Crippen LogP contribution is 2.32. The fourth-order valence-electron chi connectivity index (χ4n) is 3.56. The van der Waals surface area contributed by atoms with E-state index >= 15 is 0 Å². The number of aryl methyl sites for hydroxylation is 1. The van der Waals surface area contributed by atoms with E-state index in [2.05, 4.69) is 11.0 Å². The second-order valence-electron chi connectivity index (χ2n) is 5.96. The lowest BCUT2D eigenvalue weighted by molar-refractivity contribution is 0.186. The average Bonchev–Trinajstić information content (AvgIpc) is 2.97. The van der Waals surface area contributed by atoms with Gasteiger partial charge in [-0.3, -0.25) is 4.90 Å². The van der Waals surface area contributed by atoms with Gasteiger partial charge in [-0.1, -0.05) is 19.3 Å². The van der Waals surface area contributed by atoms with Crippen LogP contribution in [0.5, 0.6) is 0 Å². The summed E-state index contributed by atoms with van der Waals surface area (Å²) in [4.78, 5) is 2.60. The van der Waals surface area contributed by atoms with Crippen molar-refractivity contribution in [3.8, 4) is 0 Å². The zero-order chi connectivity index (χ0) is 12.5. The molecule has 1 aromatic rings. The lowest BCUT2D eigenvalue weighted by atomic mass is 9.94. The summed E-state index contributed by atoms with van der Waals surface area (Å²) in [5, 5.41) is 0. The van der Waals surface area contributed by atoms with Gasteiger partial charge in [0.25, 0.3) is 0 Å². The van der Waals surface area contributed by atoms with E-state index in [9.17, 15) is 0 Å². The molecule has 2 atom stereocenters. The maximum absolute atomic E-state index is 6.32. The first kappa shape index (κ1) is 12.2. The van der Waals surface area contributed by atoms with Crippen molar-refractivity contribution in [1.29, 1.82) is 0 Å². The summed E-state index contributed by atoms with van der Waals surface area (Å²) in [5.41, 5.74) is 6.32. The minimum atomic E-state index is 0.234. The molecule has 3 heteroatoms. The summed E-state index contributed by atoms with van der Waals surface area (Å²) in [6.07, 6.45) is 6.91. The topological polar surface area (TPSA) is 42.4 Å². The van der Waals surface area contributed by atoms with Gasteiger partial charge in [-0.05, 0) is 31.9 Å². The zero-order valence-electron chi connectivity index (χ0n) is 11.3. The molecule has 1 aliphatic heterocycles. The molecule has 2 heterocycles. The Morgan fingerprint density at radius 3 is 2.61 bits per heavy atom. The lowest BCUT2D eigenvalue weighted by Gasteiger charge is -2.30. The molecule has 3 nitrogen and oxygen atoms in total. The van der Waals surface area contributed by atoms with Crippen LogP contribution in [-0.4, -0.2) is 30.1 Å². The fraction of sp³-hybridized carbons (Fsp3) is 0.733. The van der Waals surface area contributed by atoms with Crippen molar-refractivity contribution in [2.75, 3.05) is 13.1 Å². The van der Waals surface area contributed by atoms with Gasteiger partial charge in [0, 0.05) is 31.1 Å². The maximum Gasteiger partial charge on any atom is 0.110 e. The van der Waals surface area contributed by atoms with Crippen LogP contribution < -0.4 is 5.73 Å². The molecule has 2 N–H and O–H groups in total. The molecular weight excluding hydrogens is 224 g/mol. The molecule has 2 fully saturated rings. The van der Waals surface area contributed by atoms with E-state index in [0.717, 1.165) is 30.7 Å². The summed E-state index contributed by atoms with van der Waals surface area (Å²) >= 11 is 0. The predicted octanol–water partition coefficient (Wildman–Crippen LogP) is 2.65. The van der Waals surface area contributed by atoms with Gasteiger partial charge in [0.05, 0.1) is 0 Å². The summed E-state index contributed by atoms with van der Waals surface area (Å²) in [5.74, 6) is 2.47. The van der Waals surface area contributed by atoms with Gasteiger partial charge in [0.1, 0.15) is 11.5 Å². The van der Waals surface area contributed by atoms with E-state index in [-0.39, 0.29) is 6.04 Å². The van der Waals surface area contributed by atoms with Crippen LogP contribution in [0.1, 0.15) is 49.5 Å². The highest BCUT2D eigenvalue weighted by atomic mass is 16.3. The molecule has 3 rings (SSSR count). The molecule has 0 bridgehead atoms. The van der Waals surface area contributed by atoms with E-state index in [0.29, 0.717) is 5.92 Å². The molecule has 0 aromatic carbocycles. The normalized spacial score (nSPS) is 31.0. The zero-order valence-corrected chi connectivity index (χ0v) is 11.3. The van der Waals surface area contributed by atoms with Gasteiger partial charge < -0.3 is 10.2 Å². The molecule has 1 aliphatic carbocycles. The van der Waals surface area contributed by atoms with Crippen molar-refractivity contribution in [1.82, 2.24) is 4.90 Å². The van der Waals surface area contributed by atoms with Crippen LogP contribution in [-0.2, 0) is 0 Å². The Balaban J connectivity index is 1.68. The lowest BCUT2D eigenvalue weighted by Crippen LogP contribution is -2.36. The van der Waals surface area contributed by atoms with Crippen molar-refractivity contribution in [3.63, 3.8) is 0 Å². The first-order valence-corrected chi connectivity index (χ1v) is 7.30. The first-order valence-electron chi connectivity index (χ1n) is 7.30. The van der Waals surface area contributed by atoms with Crippen LogP contribution in [0.15, 0.2) is 16.5 Å². The summed E-state index contributed by atoms with van der Waals surface area (Å²) < 4.78 is 5.77. The van der Waals surface area contributed by atoms with Crippen LogP contribution in [0.25, 0.3) is 0 Å². The number of hydrogen-bond donors (Lipinski definition) is 1. The SMILES string of the molecule is Cc1ccc([C@H]2CN(C3CCCCC3)C[C@@H]2N)o1. The second kappa shape index (κ2) is 5.06. The van der Waals surface area contributed by atoms with E-state index in [1.165, 1.54) is 32.1 Å². The van der Waals surface area contributed by atoms with Crippen LogP contribution in [0, 0.1) is 6.92 Å². The van der Waals surface area contributed by atoms with Gasteiger partial charge in [0.2, 0.25) is 0 Å². The number of nitrogens with two attached hydrogens (primary N) is 1. The van der Waals surface area contributed by atoms with E-state index in [1.54, 1.807) is 0 Å². The Hall–Kier alpha value is -0.800. The Labute approximate surface area is 109 Å². The Morgan fingerprint density at radius 1 is 1.17 bits per heavy atom. The summed E-state index contributed by atoms with van der Waals surface area (Å²) in [6, 6.07) is 5.15. The van der Waals surface area contributed by atoms with Crippen molar-refractivity contribution in [3.05, 3.63) is 23.7 Å². The van der Waals surface area contributed by atoms with Crippen LogP contribution in [0.3, 0.4) is 0 Å². The predicted molar refractivity (Wildman–Crippen MR) is 72.6 cm³/mol. The molecule has 18 heavy (non-hydrogen) atoms.